The molecule has 0 aliphatic heterocycles. The van der Waals surface area contributed by atoms with Crippen molar-refractivity contribution in [2.24, 2.45) is 0 Å². The molecule has 0 spiro atoms. The van der Waals surface area contributed by atoms with Crippen LogP contribution in [0.4, 0.5) is 0 Å². The largest absolute Gasteiger partial charge is 0.354 e. The molecule has 10 aromatic rings. The predicted molar refractivity (Wildman–Crippen MR) is 182 cm³/mol. The molecule has 3 nitrogen and oxygen atoms in total. The fourth-order valence-electron chi connectivity index (χ4n) is 7.06. The Hall–Kier alpha value is -5.80. The maximum Gasteiger partial charge on any atom is 0.0646 e. The van der Waals surface area contributed by atoms with E-state index in [0.29, 0.717) is 0 Å². The number of rotatable bonds is 2. The number of hydrogen-bond donors (Lipinski definition) is 1. The Morgan fingerprint density at radius 2 is 1.00 bits per heavy atom. The zero-order valence-corrected chi connectivity index (χ0v) is 22.9. The molecule has 0 unspecified atom stereocenters. The highest BCUT2D eigenvalue weighted by Crippen LogP contribution is 2.40. The molecule has 1 N–H and O–H groups in total. The molecule has 0 aliphatic carbocycles. The fraction of sp³-hybridized carbons (Fsp3) is 0. The molecule has 0 atom stereocenters. The minimum absolute atomic E-state index is 0.0880. The van der Waals surface area contributed by atoms with Crippen LogP contribution in [0.2, 0.25) is 0 Å². The maximum atomic E-state index is 9.50. The summed E-state index contributed by atoms with van der Waals surface area (Å²) in [6.45, 7) is 0. The van der Waals surface area contributed by atoms with E-state index < -0.39 is 0 Å². The third-order valence-electron chi connectivity index (χ3n) is 8.91. The standard InChI is InChI=1S/C40H25N3/c1-2-10-28-25(9-1)17-22-38-40(28)33-23-32-29-11-3-6-14-34(29)41-35(32)24-39(33)43(38)27-20-18-26(19-21-27)42-36-15-7-4-12-30(36)31-13-5-8-16-37(31)42/h1-24,41H/i18D,19D,20D,21D. The molecule has 0 saturated heterocycles. The van der Waals surface area contributed by atoms with E-state index in [0.717, 1.165) is 76.2 Å². The van der Waals surface area contributed by atoms with Gasteiger partial charge in [0, 0.05) is 54.7 Å². The minimum Gasteiger partial charge on any atom is -0.354 e. The highest BCUT2D eigenvalue weighted by molar-refractivity contribution is 6.25. The van der Waals surface area contributed by atoms with Crippen molar-refractivity contribution in [1.82, 2.24) is 14.1 Å². The van der Waals surface area contributed by atoms with E-state index in [9.17, 15) is 5.48 Å². The summed E-state index contributed by atoms with van der Waals surface area (Å²) < 4.78 is 41.7. The van der Waals surface area contributed by atoms with Gasteiger partial charge in [-0.25, -0.2) is 0 Å². The Morgan fingerprint density at radius 1 is 0.419 bits per heavy atom. The molecule has 3 heteroatoms. The van der Waals surface area contributed by atoms with Crippen LogP contribution in [-0.4, -0.2) is 14.1 Å². The quantitative estimate of drug-likeness (QED) is 0.221. The van der Waals surface area contributed by atoms with Crippen LogP contribution in [0.5, 0.6) is 0 Å². The van der Waals surface area contributed by atoms with Crippen LogP contribution in [0.15, 0.2) is 145 Å². The molecule has 43 heavy (non-hydrogen) atoms. The first-order valence-electron chi connectivity index (χ1n) is 16.5. The van der Waals surface area contributed by atoms with Gasteiger partial charge < -0.3 is 14.1 Å². The van der Waals surface area contributed by atoms with Crippen LogP contribution in [-0.2, 0) is 0 Å². The van der Waals surface area contributed by atoms with Gasteiger partial charge in [0.1, 0.15) is 0 Å². The lowest BCUT2D eigenvalue weighted by atomic mass is 10.0. The number of H-pyrrole nitrogens is 1. The summed E-state index contributed by atoms with van der Waals surface area (Å²) in [7, 11) is 0. The van der Waals surface area contributed by atoms with Gasteiger partial charge in [0.15, 0.2) is 0 Å². The molecule has 10 rings (SSSR count). The van der Waals surface area contributed by atoms with Gasteiger partial charge in [-0.15, -0.1) is 0 Å². The van der Waals surface area contributed by atoms with Crippen LogP contribution in [0, 0.1) is 0 Å². The SMILES string of the molecule is [2H]c1c([2H])c(-n2c3cc4[nH]c5ccccc5c4cc3c3c4ccccc4ccc32)c([2H])c([2H])c1-n1c2ccccc2c2ccccc21. The van der Waals surface area contributed by atoms with Gasteiger partial charge in [-0.1, -0.05) is 84.9 Å². The van der Waals surface area contributed by atoms with Gasteiger partial charge in [0.2, 0.25) is 0 Å². The third-order valence-corrected chi connectivity index (χ3v) is 8.91. The van der Waals surface area contributed by atoms with E-state index in [1.165, 1.54) is 0 Å². The van der Waals surface area contributed by atoms with Crippen LogP contribution >= 0.6 is 0 Å². The van der Waals surface area contributed by atoms with Crippen molar-refractivity contribution < 1.29 is 5.48 Å². The second kappa shape index (κ2) is 8.37. The molecule has 3 heterocycles. The zero-order valence-electron chi connectivity index (χ0n) is 26.9. The highest BCUT2D eigenvalue weighted by atomic mass is 15.0. The van der Waals surface area contributed by atoms with Gasteiger partial charge in [-0.2, -0.15) is 0 Å². The van der Waals surface area contributed by atoms with Crippen molar-refractivity contribution in [2.75, 3.05) is 0 Å². The lowest BCUT2D eigenvalue weighted by Crippen LogP contribution is -1.97. The zero-order chi connectivity index (χ0) is 31.6. The molecule has 0 fully saturated rings. The Kier molecular flexibility index (Phi) is 3.77. The van der Waals surface area contributed by atoms with E-state index in [1.807, 2.05) is 88.0 Å². The molecule has 0 aliphatic rings. The average molecular weight is 552 g/mol. The van der Waals surface area contributed by atoms with E-state index in [1.54, 1.807) is 0 Å². The van der Waals surface area contributed by atoms with Crippen molar-refractivity contribution in [3.05, 3.63) is 145 Å². The Bertz CT molecular complexity index is 2880. The molecule has 0 bridgehead atoms. The third kappa shape index (κ3) is 3.08. The van der Waals surface area contributed by atoms with Crippen molar-refractivity contribution in [2.45, 2.75) is 0 Å². The Morgan fingerprint density at radius 3 is 1.72 bits per heavy atom. The van der Waals surface area contributed by atoms with Crippen molar-refractivity contribution >= 4 is 76.2 Å². The number of aromatic amines is 1. The topological polar surface area (TPSA) is 25.6 Å². The molecule has 0 amide bonds. The van der Waals surface area contributed by atoms with Crippen molar-refractivity contribution in [3.63, 3.8) is 0 Å². The fourth-order valence-corrected chi connectivity index (χ4v) is 7.06. The number of para-hydroxylation sites is 3. The Labute approximate surface area is 252 Å². The van der Waals surface area contributed by atoms with Gasteiger partial charge in [-0.3, -0.25) is 0 Å². The molecule has 3 aromatic heterocycles. The molecular formula is C40H25N3. The summed E-state index contributed by atoms with van der Waals surface area (Å²) >= 11 is 0. The second-order valence-electron chi connectivity index (χ2n) is 11.2. The molecule has 0 radical (unpaired) electrons. The molecule has 200 valence electrons. The van der Waals surface area contributed by atoms with E-state index >= 15 is 0 Å². The number of fused-ring (bicyclic) bond motifs is 11. The lowest BCUT2D eigenvalue weighted by molar-refractivity contribution is 1.15. The van der Waals surface area contributed by atoms with Gasteiger partial charge in [0.05, 0.1) is 27.5 Å². The molecular weight excluding hydrogens is 522 g/mol. The first kappa shape index (κ1) is 19.3. The van der Waals surface area contributed by atoms with Crippen LogP contribution < -0.4 is 0 Å². The second-order valence-corrected chi connectivity index (χ2v) is 11.2. The summed E-state index contributed by atoms with van der Waals surface area (Å²) in [5.41, 5.74) is 5.79. The summed E-state index contributed by atoms with van der Waals surface area (Å²) in [6, 6.07) is 40.4. The van der Waals surface area contributed by atoms with Crippen molar-refractivity contribution in [1.29, 1.82) is 0 Å². The summed E-state index contributed by atoms with van der Waals surface area (Å²) in [5, 5.41) is 8.42. The normalized spacial score (nSPS) is 13.5. The van der Waals surface area contributed by atoms with Crippen LogP contribution in [0.1, 0.15) is 5.48 Å². The summed E-state index contributed by atoms with van der Waals surface area (Å²) in [5.74, 6) is 0. The van der Waals surface area contributed by atoms with Crippen LogP contribution in [0.3, 0.4) is 0 Å². The number of nitrogens with zero attached hydrogens (tertiary/aromatic N) is 2. The lowest BCUT2D eigenvalue weighted by Gasteiger charge is -2.12. The molecule has 0 saturated carbocycles. The van der Waals surface area contributed by atoms with E-state index in [4.69, 9.17) is 0 Å². The van der Waals surface area contributed by atoms with Gasteiger partial charge in [0.25, 0.3) is 0 Å². The first-order chi connectivity index (χ1) is 23.0. The first-order valence-corrected chi connectivity index (χ1v) is 14.5. The van der Waals surface area contributed by atoms with E-state index in [-0.39, 0.29) is 35.5 Å². The minimum atomic E-state index is -0.0911. The van der Waals surface area contributed by atoms with Gasteiger partial charge in [-0.05, 0) is 71.3 Å². The smallest absolute Gasteiger partial charge is 0.0646 e. The van der Waals surface area contributed by atoms with E-state index in [2.05, 4.69) is 47.4 Å². The number of benzene rings is 7. The monoisotopic (exact) mass is 551 g/mol. The highest BCUT2D eigenvalue weighted by Gasteiger charge is 2.18. The van der Waals surface area contributed by atoms with Crippen LogP contribution in [0.25, 0.3) is 87.6 Å². The predicted octanol–water partition coefficient (Wildman–Crippen LogP) is 10.7. The number of nitrogens with one attached hydrogen (secondary N) is 1. The summed E-state index contributed by atoms with van der Waals surface area (Å²) in [6.07, 6.45) is 0. The number of aromatic nitrogens is 3. The van der Waals surface area contributed by atoms with Gasteiger partial charge >= 0.3 is 0 Å². The number of hydrogen-bond acceptors (Lipinski definition) is 0. The Balaban J connectivity index is 1.36. The molecule has 7 aromatic carbocycles. The summed E-state index contributed by atoms with van der Waals surface area (Å²) in [4.78, 5) is 3.56. The van der Waals surface area contributed by atoms with Crippen molar-refractivity contribution in [3.8, 4) is 11.4 Å². The average Bonchev–Trinajstić information content (AvgIpc) is 3.75. The maximum absolute atomic E-state index is 9.50.